The van der Waals surface area contributed by atoms with E-state index in [4.69, 9.17) is 9.44 Å². The van der Waals surface area contributed by atoms with Crippen molar-refractivity contribution in [1.82, 2.24) is 0 Å². The molecule has 0 heterocycles. The second kappa shape index (κ2) is 5.31. The average Bonchev–Trinajstić information content (AvgIpc) is 2.39. The molecule has 0 N–H and O–H groups in total. The first-order valence-corrected chi connectivity index (χ1v) is 7.04. The van der Waals surface area contributed by atoms with Gasteiger partial charge in [0.2, 0.25) is 0 Å². The van der Waals surface area contributed by atoms with Crippen LogP contribution in [0.4, 0.5) is 4.39 Å². The van der Waals surface area contributed by atoms with Crippen molar-refractivity contribution in [3.8, 4) is 11.8 Å². The van der Waals surface area contributed by atoms with Gasteiger partial charge in [0, 0.05) is 6.07 Å². The van der Waals surface area contributed by atoms with Crippen molar-refractivity contribution in [3.05, 3.63) is 59.4 Å². The molecule has 0 atom stereocenters. The lowest BCUT2D eigenvalue weighted by atomic mass is 10.2. The number of benzene rings is 2. The molecular weight excluding hydrogens is 281 g/mol. The van der Waals surface area contributed by atoms with Gasteiger partial charge in [0.1, 0.15) is 22.5 Å². The van der Waals surface area contributed by atoms with Gasteiger partial charge in [-0.25, -0.2) is 4.39 Å². The summed E-state index contributed by atoms with van der Waals surface area (Å²) in [4.78, 5) is -0.0205. The number of nitriles is 1. The van der Waals surface area contributed by atoms with Crippen LogP contribution in [0.15, 0.2) is 47.4 Å². The minimum atomic E-state index is -4.02. The Morgan fingerprint density at radius 1 is 1.15 bits per heavy atom. The molecule has 20 heavy (non-hydrogen) atoms. The van der Waals surface area contributed by atoms with Crippen molar-refractivity contribution in [2.24, 2.45) is 0 Å². The van der Waals surface area contributed by atoms with E-state index in [1.165, 1.54) is 18.2 Å². The summed E-state index contributed by atoms with van der Waals surface area (Å²) in [7, 11) is -4.02. The summed E-state index contributed by atoms with van der Waals surface area (Å²) in [6, 6.07) is 11.0. The summed E-state index contributed by atoms with van der Waals surface area (Å²) in [5.41, 5.74) is 0.735. The zero-order valence-corrected chi connectivity index (χ0v) is 11.3. The summed E-state index contributed by atoms with van der Waals surface area (Å²) in [5, 5.41) is 8.60. The molecule has 0 radical (unpaired) electrons. The number of aryl methyl sites for hydroxylation is 1. The fourth-order valence-corrected chi connectivity index (χ4v) is 2.44. The number of hydrogen-bond donors (Lipinski definition) is 0. The van der Waals surface area contributed by atoms with Gasteiger partial charge in [0.15, 0.2) is 0 Å². The molecule has 0 spiro atoms. The molecule has 2 aromatic carbocycles. The van der Waals surface area contributed by atoms with Crippen LogP contribution in [0.2, 0.25) is 0 Å². The van der Waals surface area contributed by atoms with E-state index < -0.39 is 15.9 Å². The molecular formula is C14H10FNO3S. The molecule has 2 aromatic rings. The van der Waals surface area contributed by atoms with Crippen LogP contribution in [0.1, 0.15) is 11.1 Å². The van der Waals surface area contributed by atoms with Crippen molar-refractivity contribution in [2.45, 2.75) is 11.8 Å². The van der Waals surface area contributed by atoms with Gasteiger partial charge < -0.3 is 4.18 Å². The van der Waals surface area contributed by atoms with Crippen molar-refractivity contribution in [1.29, 1.82) is 5.26 Å². The molecule has 0 aliphatic rings. The molecule has 0 aliphatic carbocycles. The highest BCUT2D eigenvalue weighted by atomic mass is 32.2. The second-order valence-corrected chi connectivity index (χ2v) is 5.65. The predicted molar refractivity (Wildman–Crippen MR) is 70.1 cm³/mol. The monoisotopic (exact) mass is 291 g/mol. The molecule has 0 aliphatic heterocycles. The van der Waals surface area contributed by atoms with Gasteiger partial charge in [0.25, 0.3) is 0 Å². The fraction of sp³-hybridized carbons (Fsp3) is 0.0714. The lowest BCUT2D eigenvalue weighted by molar-refractivity contribution is 0.483. The normalized spacial score (nSPS) is 10.8. The summed E-state index contributed by atoms with van der Waals surface area (Å²) in [5.74, 6) is -1.01. The summed E-state index contributed by atoms with van der Waals surface area (Å²) in [6.45, 7) is 1.83. The van der Waals surface area contributed by atoms with E-state index in [0.717, 1.165) is 17.7 Å². The van der Waals surface area contributed by atoms with Crippen LogP contribution in [0.25, 0.3) is 0 Å². The van der Waals surface area contributed by atoms with Crippen LogP contribution in [0, 0.1) is 24.1 Å². The Balaban J connectivity index is 2.31. The highest BCUT2D eigenvalue weighted by Gasteiger charge is 2.17. The van der Waals surface area contributed by atoms with Crippen LogP contribution in [-0.4, -0.2) is 8.42 Å². The number of rotatable bonds is 3. The van der Waals surface area contributed by atoms with Crippen molar-refractivity contribution >= 4 is 10.1 Å². The Bertz CT molecular complexity index is 777. The standard InChI is InChI=1S/C14H10FNO3S/c1-10-2-6-13(7-3-10)20(17,18)19-12-5-4-11(9-16)14(15)8-12/h2-8H,1H3. The van der Waals surface area contributed by atoms with E-state index in [1.54, 1.807) is 18.2 Å². The van der Waals surface area contributed by atoms with Crippen LogP contribution < -0.4 is 4.18 Å². The summed E-state index contributed by atoms with van der Waals surface area (Å²) < 4.78 is 42.2. The quantitative estimate of drug-likeness (QED) is 0.815. The highest BCUT2D eigenvalue weighted by Crippen LogP contribution is 2.21. The van der Waals surface area contributed by atoms with Gasteiger partial charge in [-0.15, -0.1) is 0 Å². The van der Waals surface area contributed by atoms with E-state index in [1.807, 2.05) is 6.92 Å². The molecule has 102 valence electrons. The van der Waals surface area contributed by atoms with E-state index in [0.29, 0.717) is 0 Å². The molecule has 0 amide bonds. The third kappa shape index (κ3) is 2.95. The van der Waals surface area contributed by atoms with Gasteiger partial charge in [-0.1, -0.05) is 17.7 Å². The average molecular weight is 291 g/mol. The zero-order chi connectivity index (χ0) is 14.8. The molecule has 0 saturated carbocycles. The van der Waals surface area contributed by atoms with Crippen LogP contribution in [0.3, 0.4) is 0 Å². The minimum Gasteiger partial charge on any atom is -0.379 e. The lowest BCUT2D eigenvalue weighted by Gasteiger charge is -2.07. The maximum Gasteiger partial charge on any atom is 0.339 e. The number of hydrogen-bond acceptors (Lipinski definition) is 4. The molecule has 0 unspecified atom stereocenters. The second-order valence-electron chi connectivity index (χ2n) is 4.10. The fourth-order valence-electron chi connectivity index (χ4n) is 1.52. The lowest BCUT2D eigenvalue weighted by Crippen LogP contribution is -2.09. The van der Waals surface area contributed by atoms with E-state index >= 15 is 0 Å². The van der Waals surface area contributed by atoms with E-state index in [9.17, 15) is 12.8 Å². The van der Waals surface area contributed by atoms with Crippen molar-refractivity contribution < 1.29 is 17.0 Å². The first-order valence-electron chi connectivity index (χ1n) is 5.63. The smallest absolute Gasteiger partial charge is 0.339 e. The van der Waals surface area contributed by atoms with E-state index in [-0.39, 0.29) is 16.2 Å². The molecule has 0 bridgehead atoms. The van der Waals surface area contributed by atoms with E-state index in [2.05, 4.69) is 0 Å². The van der Waals surface area contributed by atoms with Gasteiger partial charge in [0.05, 0.1) is 5.56 Å². The highest BCUT2D eigenvalue weighted by molar-refractivity contribution is 7.87. The molecule has 4 nitrogen and oxygen atoms in total. The first-order chi connectivity index (χ1) is 9.42. The summed E-state index contributed by atoms with van der Waals surface area (Å²) in [6.07, 6.45) is 0. The third-order valence-electron chi connectivity index (χ3n) is 2.58. The van der Waals surface area contributed by atoms with Gasteiger partial charge >= 0.3 is 10.1 Å². The Morgan fingerprint density at radius 2 is 1.80 bits per heavy atom. The third-order valence-corrected chi connectivity index (χ3v) is 3.84. The minimum absolute atomic E-state index is 0.0205. The maximum absolute atomic E-state index is 13.4. The SMILES string of the molecule is Cc1ccc(S(=O)(=O)Oc2ccc(C#N)c(F)c2)cc1. The Labute approximate surface area is 116 Å². The molecule has 0 aromatic heterocycles. The van der Waals surface area contributed by atoms with Crippen molar-refractivity contribution in [2.75, 3.05) is 0 Å². The topological polar surface area (TPSA) is 67.2 Å². The van der Waals surface area contributed by atoms with Crippen molar-refractivity contribution in [3.63, 3.8) is 0 Å². The predicted octanol–water partition coefficient (Wildman–Crippen LogP) is 2.77. The zero-order valence-electron chi connectivity index (χ0n) is 10.5. The summed E-state index contributed by atoms with van der Waals surface area (Å²) >= 11 is 0. The van der Waals surface area contributed by atoms with Crippen LogP contribution >= 0.6 is 0 Å². The Kier molecular flexibility index (Phi) is 3.72. The molecule has 2 rings (SSSR count). The molecule has 0 saturated heterocycles. The van der Waals surface area contributed by atoms with Crippen LogP contribution in [0.5, 0.6) is 5.75 Å². The van der Waals surface area contributed by atoms with Gasteiger partial charge in [-0.05, 0) is 31.2 Å². The Hall–Kier alpha value is -2.39. The maximum atomic E-state index is 13.4. The Morgan fingerprint density at radius 3 is 2.35 bits per heavy atom. The van der Waals surface area contributed by atoms with Gasteiger partial charge in [-0.3, -0.25) is 0 Å². The number of nitrogens with zero attached hydrogens (tertiary/aromatic N) is 1. The number of halogens is 1. The van der Waals surface area contributed by atoms with Crippen LogP contribution in [-0.2, 0) is 10.1 Å². The molecule has 0 fully saturated rings. The largest absolute Gasteiger partial charge is 0.379 e. The van der Waals surface area contributed by atoms with Gasteiger partial charge in [-0.2, -0.15) is 13.7 Å². The first kappa shape index (κ1) is 14.0. The molecule has 6 heteroatoms.